The molecule has 1 N–H and O–H groups in total. The van der Waals surface area contributed by atoms with Gasteiger partial charge in [-0.1, -0.05) is 23.7 Å². The van der Waals surface area contributed by atoms with E-state index in [4.69, 9.17) is 25.8 Å². The maximum Gasteiger partial charge on any atom is 0.264 e. The van der Waals surface area contributed by atoms with Crippen molar-refractivity contribution in [2.24, 2.45) is 4.99 Å². The number of methoxy groups -OCH3 is 1. The summed E-state index contributed by atoms with van der Waals surface area (Å²) in [6.07, 6.45) is 1.79. The zero-order chi connectivity index (χ0) is 24.8. The van der Waals surface area contributed by atoms with Gasteiger partial charge in [0.05, 0.1) is 28.8 Å². The molecule has 9 heteroatoms. The summed E-state index contributed by atoms with van der Waals surface area (Å²) in [4.78, 5) is 17.6. The van der Waals surface area contributed by atoms with Crippen LogP contribution in [0.2, 0.25) is 5.02 Å². The van der Waals surface area contributed by atoms with Crippen molar-refractivity contribution in [1.29, 1.82) is 0 Å². The van der Waals surface area contributed by atoms with Gasteiger partial charge in [0, 0.05) is 5.02 Å². The fourth-order valence-electron chi connectivity index (χ4n) is 3.23. The second-order valence-corrected chi connectivity index (χ2v) is 9.68. The molecule has 1 saturated heterocycles. The topological polar surface area (TPSA) is 69.2 Å². The number of hydrogen-bond donors (Lipinski definition) is 1. The number of benzene rings is 3. The number of nitrogens with zero attached hydrogens (tertiary/aromatic N) is 1. The third kappa shape index (κ3) is 6.60. The van der Waals surface area contributed by atoms with Gasteiger partial charge in [0.25, 0.3) is 5.91 Å². The Morgan fingerprint density at radius 1 is 1.09 bits per heavy atom. The van der Waals surface area contributed by atoms with Crippen LogP contribution in [0.5, 0.6) is 17.2 Å². The van der Waals surface area contributed by atoms with Crippen LogP contribution in [0.1, 0.15) is 18.1 Å². The molecule has 35 heavy (non-hydrogen) atoms. The lowest BCUT2D eigenvalue weighted by atomic mass is 10.2. The number of ether oxygens (including phenoxy) is 3. The normalized spacial score (nSPS) is 15.4. The number of hydrogen-bond acceptors (Lipinski definition) is 6. The molecule has 1 fully saturated rings. The Morgan fingerprint density at radius 2 is 1.83 bits per heavy atom. The zero-order valence-electron chi connectivity index (χ0n) is 19.0. The Morgan fingerprint density at radius 3 is 2.51 bits per heavy atom. The van der Waals surface area contributed by atoms with Crippen molar-refractivity contribution in [2.75, 3.05) is 13.7 Å². The summed E-state index contributed by atoms with van der Waals surface area (Å²) >= 11 is 10.8. The molecule has 0 aliphatic carbocycles. The van der Waals surface area contributed by atoms with Crippen molar-refractivity contribution in [3.63, 3.8) is 0 Å². The van der Waals surface area contributed by atoms with Gasteiger partial charge in [-0.15, -0.1) is 0 Å². The number of carbonyl (C=O) groups excluding carboxylic acids is 1. The monoisotopic (exact) mass is 572 g/mol. The summed E-state index contributed by atoms with van der Waals surface area (Å²) in [7, 11) is 1.58. The van der Waals surface area contributed by atoms with E-state index in [1.165, 1.54) is 11.8 Å². The highest BCUT2D eigenvalue weighted by molar-refractivity contribution is 9.10. The quantitative estimate of drug-likeness (QED) is 0.295. The molecule has 1 heterocycles. The summed E-state index contributed by atoms with van der Waals surface area (Å²) in [5.41, 5.74) is 2.49. The Labute approximate surface area is 221 Å². The minimum absolute atomic E-state index is 0.210. The summed E-state index contributed by atoms with van der Waals surface area (Å²) in [5.74, 6) is 1.69. The van der Waals surface area contributed by atoms with E-state index in [0.717, 1.165) is 22.6 Å². The van der Waals surface area contributed by atoms with Crippen LogP contribution in [0.15, 0.2) is 75.0 Å². The number of carbonyl (C=O) groups is 1. The average molecular weight is 574 g/mol. The summed E-state index contributed by atoms with van der Waals surface area (Å²) in [6.45, 7) is 2.89. The number of amides is 1. The SMILES string of the molecule is CCOc1ccc(N=C2NC(=O)/C(=C\c3cc(Br)c(OCc4ccc(Cl)cc4)c(OC)c3)S2)cc1. The molecular formula is C26H22BrClN2O4S. The molecule has 0 spiro atoms. The Hall–Kier alpha value is -2.94. The van der Waals surface area contributed by atoms with E-state index >= 15 is 0 Å². The van der Waals surface area contributed by atoms with Crippen LogP contribution in [-0.2, 0) is 11.4 Å². The Kier molecular flexibility index (Phi) is 8.38. The van der Waals surface area contributed by atoms with Crippen LogP contribution in [0.3, 0.4) is 0 Å². The summed E-state index contributed by atoms with van der Waals surface area (Å²) in [5, 5.41) is 3.99. The number of rotatable bonds is 8. The Bertz CT molecular complexity index is 1280. The van der Waals surface area contributed by atoms with Crippen molar-refractivity contribution in [3.8, 4) is 17.2 Å². The number of nitrogens with one attached hydrogen (secondary N) is 1. The van der Waals surface area contributed by atoms with E-state index in [9.17, 15) is 4.79 Å². The molecule has 0 saturated carbocycles. The molecule has 1 aliphatic heterocycles. The number of amidine groups is 1. The van der Waals surface area contributed by atoms with Gasteiger partial charge in [-0.3, -0.25) is 4.79 Å². The second-order valence-electron chi connectivity index (χ2n) is 7.36. The molecule has 0 radical (unpaired) electrons. The van der Waals surface area contributed by atoms with Gasteiger partial charge in [-0.05, 0) is 100 Å². The largest absolute Gasteiger partial charge is 0.494 e. The van der Waals surface area contributed by atoms with Crippen LogP contribution in [-0.4, -0.2) is 24.8 Å². The molecule has 4 rings (SSSR count). The van der Waals surface area contributed by atoms with Gasteiger partial charge in [-0.2, -0.15) is 0 Å². The smallest absolute Gasteiger partial charge is 0.264 e. The first kappa shape index (κ1) is 25.2. The number of thioether (sulfide) groups is 1. The van der Waals surface area contributed by atoms with E-state index in [1.807, 2.05) is 67.6 Å². The minimum Gasteiger partial charge on any atom is -0.494 e. The third-order valence-electron chi connectivity index (χ3n) is 4.88. The lowest BCUT2D eigenvalue weighted by Crippen LogP contribution is -2.19. The highest BCUT2D eigenvalue weighted by atomic mass is 79.9. The second kappa shape index (κ2) is 11.7. The molecular weight excluding hydrogens is 552 g/mol. The van der Waals surface area contributed by atoms with Gasteiger partial charge >= 0.3 is 0 Å². The molecule has 3 aromatic rings. The molecule has 1 aliphatic rings. The van der Waals surface area contributed by atoms with Crippen molar-refractivity contribution in [3.05, 3.63) is 86.2 Å². The van der Waals surface area contributed by atoms with E-state index < -0.39 is 0 Å². The maximum atomic E-state index is 12.5. The number of halogens is 2. The van der Waals surface area contributed by atoms with Gasteiger partial charge in [0.15, 0.2) is 16.7 Å². The first-order valence-electron chi connectivity index (χ1n) is 10.7. The van der Waals surface area contributed by atoms with Crippen LogP contribution in [0, 0.1) is 0 Å². The van der Waals surface area contributed by atoms with Crippen molar-refractivity contribution in [2.45, 2.75) is 13.5 Å². The fourth-order valence-corrected chi connectivity index (χ4v) is 4.77. The highest BCUT2D eigenvalue weighted by Gasteiger charge is 2.24. The van der Waals surface area contributed by atoms with Gasteiger partial charge in [0.1, 0.15) is 12.4 Å². The average Bonchev–Trinajstić information content (AvgIpc) is 3.18. The van der Waals surface area contributed by atoms with Crippen LogP contribution >= 0.6 is 39.3 Å². The van der Waals surface area contributed by atoms with Crippen LogP contribution in [0.25, 0.3) is 6.08 Å². The number of aliphatic imine (C=N–C) groups is 1. The lowest BCUT2D eigenvalue weighted by molar-refractivity contribution is -0.115. The van der Waals surface area contributed by atoms with Crippen molar-refractivity contribution >= 4 is 62.1 Å². The lowest BCUT2D eigenvalue weighted by Gasteiger charge is -2.14. The van der Waals surface area contributed by atoms with Gasteiger partial charge in [0.2, 0.25) is 0 Å². The van der Waals surface area contributed by atoms with Crippen molar-refractivity contribution < 1.29 is 19.0 Å². The Balaban J connectivity index is 1.49. The standard InChI is InChI=1S/C26H22BrClN2O4S/c1-3-33-20-10-8-19(9-11-20)29-26-30-25(31)23(35-26)14-17-12-21(27)24(22(13-17)32-2)34-15-16-4-6-18(28)7-5-16/h4-14H,3,15H2,1-2H3,(H,29,30,31)/b23-14+. The predicted octanol–water partition coefficient (Wildman–Crippen LogP) is 6.98. The predicted molar refractivity (Wildman–Crippen MR) is 145 cm³/mol. The minimum atomic E-state index is -0.210. The molecule has 1 amide bonds. The highest BCUT2D eigenvalue weighted by Crippen LogP contribution is 2.39. The zero-order valence-corrected chi connectivity index (χ0v) is 22.2. The molecule has 0 atom stereocenters. The van der Waals surface area contributed by atoms with E-state index in [0.29, 0.717) is 44.3 Å². The fraction of sp³-hybridized carbons (Fsp3) is 0.154. The van der Waals surface area contributed by atoms with E-state index in [1.54, 1.807) is 13.2 Å². The molecule has 0 bridgehead atoms. The molecule has 180 valence electrons. The first-order chi connectivity index (χ1) is 16.9. The van der Waals surface area contributed by atoms with E-state index in [2.05, 4.69) is 26.2 Å². The summed E-state index contributed by atoms with van der Waals surface area (Å²) in [6, 6.07) is 18.5. The molecule has 6 nitrogen and oxygen atoms in total. The first-order valence-corrected chi connectivity index (χ1v) is 12.7. The molecule has 3 aromatic carbocycles. The van der Waals surface area contributed by atoms with Crippen LogP contribution < -0.4 is 19.5 Å². The molecule has 0 unspecified atom stereocenters. The van der Waals surface area contributed by atoms with Crippen LogP contribution in [0.4, 0.5) is 5.69 Å². The van der Waals surface area contributed by atoms with E-state index in [-0.39, 0.29) is 5.91 Å². The van der Waals surface area contributed by atoms with Gasteiger partial charge in [-0.25, -0.2) is 4.99 Å². The van der Waals surface area contributed by atoms with Crippen molar-refractivity contribution in [1.82, 2.24) is 5.32 Å². The maximum absolute atomic E-state index is 12.5. The van der Waals surface area contributed by atoms with Gasteiger partial charge < -0.3 is 19.5 Å². The third-order valence-corrected chi connectivity index (χ3v) is 6.63. The molecule has 0 aromatic heterocycles. The summed E-state index contributed by atoms with van der Waals surface area (Å²) < 4.78 is 17.7.